The van der Waals surface area contributed by atoms with Gasteiger partial charge in [-0.3, -0.25) is 5.41 Å². The molecule has 3 heteroatoms. The molecule has 0 atom stereocenters. The molecular weight excluding hydrogens is 212 g/mol. The van der Waals surface area contributed by atoms with Crippen molar-refractivity contribution in [3.05, 3.63) is 29.3 Å². The summed E-state index contributed by atoms with van der Waals surface area (Å²) in [7, 11) is 0. The molecule has 2 rings (SSSR count). The minimum Gasteiger partial charge on any atom is -0.494 e. The molecule has 3 nitrogen and oxygen atoms in total. The van der Waals surface area contributed by atoms with E-state index in [9.17, 15) is 0 Å². The van der Waals surface area contributed by atoms with Crippen molar-refractivity contribution in [2.75, 3.05) is 6.61 Å². The van der Waals surface area contributed by atoms with Crippen molar-refractivity contribution >= 4 is 5.84 Å². The van der Waals surface area contributed by atoms with E-state index in [4.69, 9.17) is 15.9 Å². The number of nitrogen functional groups attached to an aromatic ring is 1. The highest BCUT2D eigenvalue weighted by atomic mass is 16.5. The largest absolute Gasteiger partial charge is 0.494 e. The van der Waals surface area contributed by atoms with Crippen LogP contribution in [0.4, 0.5) is 0 Å². The SMILES string of the molecule is Cc1cc(OCCC2CCC2)ccc1C(=N)N. The third-order valence-electron chi connectivity index (χ3n) is 3.51. The Morgan fingerprint density at radius 2 is 2.24 bits per heavy atom. The summed E-state index contributed by atoms with van der Waals surface area (Å²) >= 11 is 0. The van der Waals surface area contributed by atoms with E-state index in [-0.39, 0.29) is 5.84 Å². The Morgan fingerprint density at radius 3 is 2.76 bits per heavy atom. The molecule has 17 heavy (non-hydrogen) atoms. The molecular formula is C14H20N2O. The van der Waals surface area contributed by atoms with Gasteiger partial charge in [0.2, 0.25) is 0 Å². The number of benzene rings is 1. The molecule has 0 heterocycles. The van der Waals surface area contributed by atoms with Crippen LogP contribution in [0.25, 0.3) is 0 Å². The fourth-order valence-corrected chi connectivity index (χ4v) is 2.15. The average Bonchev–Trinajstić information content (AvgIpc) is 2.21. The maximum Gasteiger partial charge on any atom is 0.123 e. The van der Waals surface area contributed by atoms with Crippen molar-refractivity contribution in [3.8, 4) is 5.75 Å². The van der Waals surface area contributed by atoms with Gasteiger partial charge in [0.05, 0.1) is 6.61 Å². The van der Waals surface area contributed by atoms with Crippen LogP contribution in [0.2, 0.25) is 0 Å². The lowest BCUT2D eigenvalue weighted by atomic mass is 9.83. The van der Waals surface area contributed by atoms with Crippen molar-refractivity contribution in [1.82, 2.24) is 0 Å². The lowest BCUT2D eigenvalue weighted by Gasteiger charge is -2.25. The topological polar surface area (TPSA) is 59.1 Å². The summed E-state index contributed by atoms with van der Waals surface area (Å²) in [4.78, 5) is 0. The summed E-state index contributed by atoms with van der Waals surface area (Å²) in [6.45, 7) is 2.75. The highest BCUT2D eigenvalue weighted by Crippen LogP contribution is 2.29. The number of hydrogen-bond acceptors (Lipinski definition) is 2. The quantitative estimate of drug-likeness (QED) is 0.605. The molecule has 1 aliphatic carbocycles. The van der Waals surface area contributed by atoms with Crippen LogP contribution in [-0.4, -0.2) is 12.4 Å². The summed E-state index contributed by atoms with van der Waals surface area (Å²) in [6, 6.07) is 5.71. The maximum atomic E-state index is 7.41. The molecule has 0 aromatic heterocycles. The average molecular weight is 232 g/mol. The van der Waals surface area contributed by atoms with Crippen LogP contribution in [-0.2, 0) is 0 Å². The van der Waals surface area contributed by atoms with Gasteiger partial charge >= 0.3 is 0 Å². The Hall–Kier alpha value is -1.51. The van der Waals surface area contributed by atoms with E-state index >= 15 is 0 Å². The van der Waals surface area contributed by atoms with Gasteiger partial charge in [0.25, 0.3) is 0 Å². The highest BCUT2D eigenvalue weighted by Gasteiger charge is 2.16. The molecule has 1 saturated carbocycles. The van der Waals surface area contributed by atoms with E-state index in [1.54, 1.807) is 0 Å². The molecule has 0 amide bonds. The fourth-order valence-electron chi connectivity index (χ4n) is 2.15. The summed E-state index contributed by atoms with van der Waals surface area (Å²) in [5.74, 6) is 1.88. The van der Waals surface area contributed by atoms with Crippen LogP contribution in [0.5, 0.6) is 5.75 Å². The Labute approximate surface area is 102 Å². The first-order chi connectivity index (χ1) is 8.16. The third kappa shape index (κ3) is 2.99. The molecule has 0 aliphatic heterocycles. The van der Waals surface area contributed by atoms with Gasteiger partial charge in [-0.25, -0.2) is 0 Å². The van der Waals surface area contributed by atoms with Gasteiger partial charge in [0.1, 0.15) is 11.6 Å². The van der Waals surface area contributed by atoms with Crippen molar-refractivity contribution in [2.24, 2.45) is 11.7 Å². The van der Waals surface area contributed by atoms with Crippen LogP contribution in [0.3, 0.4) is 0 Å². The lowest BCUT2D eigenvalue weighted by Crippen LogP contribution is -2.15. The Kier molecular flexibility index (Phi) is 3.67. The normalized spacial score (nSPS) is 15.4. The molecule has 3 N–H and O–H groups in total. The minimum absolute atomic E-state index is 0.114. The highest BCUT2D eigenvalue weighted by molar-refractivity contribution is 5.96. The van der Waals surface area contributed by atoms with Gasteiger partial charge in [-0.15, -0.1) is 0 Å². The first-order valence-corrected chi connectivity index (χ1v) is 6.24. The van der Waals surface area contributed by atoms with Gasteiger partial charge < -0.3 is 10.5 Å². The second-order valence-corrected chi connectivity index (χ2v) is 4.82. The fraction of sp³-hybridized carbons (Fsp3) is 0.500. The Bertz CT molecular complexity index is 411. The number of hydrogen-bond donors (Lipinski definition) is 2. The van der Waals surface area contributed by atoms with Crippen LogP contribution in [0.1, 0.15) is 36.8 Å². The van der Waals surface area contributed by atoms with Crippen LogP contribution in [0, 0.1) is 18.3 Å². The van der Waals surface area contributed by atoms with E-state index in [0.717, 1.165) is 35.8 Å². The Morgan fingerprint density at radius 1 is 1.47 bits per heavy atom. The number of nitrogens with one attached hydrogen (secondary N) is 1. The first kappa shape index (κ1) is 12.0. The zero-order valence-corrected chi connectivity index (χ0v) is 10.3. The lowest BCUT2D eigenvalue weighted by molar-refractivity contribution is 0.222. The van der Waals surface area contributed by atoms with Crippen molar-refractivity contribution < 1.29 is 4.74 Å². The summed E-state index contributed by atoms with van der Waals surface area (Å²) in [5, 5.41) is 7.41. The number of amidine groups is 1. The van der Waals surface area contributed by atoms with Gasteiger partial charge in [-0.2, -0.15) is 0 Å². The molecule has 1 aliphatic rings. The van der Waals surface area contributed by atoms with Crippen LogP contribution in [0.15, 0.2) is 18.2 Å². The maximum absolute atomic E-state index is 7.41. The van der Waals surface area contributed by atoms with E-state index in [0.29, 0.717) is 0 Å². The van der Waals surface area contributed by atoms with Gasteiger partial charge in [-0.1, -0.05) is 19.3 Å². The van der Waals surface area contributed by atoms with Crippen LogP contribution < -0.4 is 10.5 Å². The van der Waals surface area contributed by atoms with Gasteiger partial charge in [0.15, 0.2) is 0 Å². The zero-order valence-electron chi connectivity index (χ0n) is 10.3. The van der Waals surface area contributed by atoms with E-state index in [1.165, 1.54) is 19.3 Å². The van der Waals surface area contributed by atoms with Crippen molar-refractivity contribution in [2.45, 2.75) is 32.6 Å². The van der Waals surface area contributed by atoms with E-state index < -0.39 is 0 Å². The summed E-state index contributed by atoms with van der Waals surface area (Å²) < 4.78 is 5.72. The molecule has 92 valence electrons. The van der Waals surface area contributed by atoms with Crippen molar-refractivity contribution in [3.63, 3.8) is 0 Å². The van der Waals surface area contributed by atoms with E-state index in [2.05, 4.69) is 0 Å². The molecule has 0 unspecified atom stereocenters. The predicted molar refractivity (Wildman–Crippen MR) is 69.6 cm³/mol. The molecule has 1 aromatic rings. The second kappa shape index (κ2) is 5.21. The van der Waals surface area contributed by atoms with Gasteiger partial charge in [0, 0.05) is 5.56 Å². The molecule has 0 bridgehead atoms. The second-order valence-electron chi connectivity index (χ2n) is 4.82. The number of ether oxygens (including phenoxy) is 1. The monoisotopic (exact) mass is 232 g/mol. The van der Waals surface area contributed by atoms with Crippen LogP contribution >= 0.6 is 0 Å². The molecule has 1 fully saturated rings. The third-order valence-corrected chi connectivity index (χ3v) is 3.51. The number of nitrogens with two attached hydrogens (primary N) is 1. The van der Waals surface area contributed by atoms with Gasteiger partial charge in [-0.05, 0) is 43.0 Å². The molecule has 0 radical (unpaired) electrons. The van der Waals surface area contributed by atoms with Crippen molar-refractivity contribution in [1.29, 1.82) is 5.41 Å². The number of aryl methyl sites for hydroxylation is 1. The smallest absolute Gasteiger partial charge is 0.123 e. The molecule has 1 aromatic carbocycles. The standard InChI is InChI=1S/C14H20N2O/c1-10-9-12(5-6-13(10)14(15)16)17-8-7-11-3-2-4-11/h5-6,9,11H,2-4,7-8H2,1H3,(H3,15,16). The minimum atomic E-state index is 0.114. The Balaban J connectivity index is 1.88. The number of rotatable bonds is 5. The predicted octanol–water partition coefficient (Wildman–Crippen LogP) is 2.85. The molecule has 0 saturated heterocycles. The zero-order chi connectivity index (χ0) is 12.3. The summed E-state index contributed by atoms with van der Waals surface area (Å²) in [6.07, 6.45) is 5.28. The van der Waals surface area contributed by atoms with E-state index in [1.807, 2.05) is 25.1 Å². The molecule has 0 spiro atoms. The summed E-state index contributed by atoms with van der Waals surface area (Å²) in [5.41, 5.74) is 7.26. The first-order valence-electron chi connectivity index (χ1n) is 6.24.